The van der Waals surface area contributed by atoms with E-state index in [2.05, 4.69) is 33.9 Å². The number of halogens is 2. The topological polar surface area (TPSA) is 44.4 Å². The van der Waals surface area contributed by atoms with Gasteiger partial charge in [0.15, 0.2) is 0 Å². The van der Waals surface area contributed by atoms with Crippen molar-refractivity contribution in [1.82, 2.24) is 15.5 Å². The van der Waals surface area contributed by atoms with Gasteiger partial charge in [0.05, 0.1) is 12.6 Å². The van der Waals surface area contributed by atoms with Crippen molar-refractivity contribution in [2.75, 3.05) is 19.6 Å². The van der Waals surface area contributed by atoms with Crippen LogP contribution in [0.2, 0.25) is 0 Å². The summed E-state index contributed by atoms with van der Waals surface area (Å²) in [6.45, 7) is 4.02. The number of fused-ring (bicyclic) bond motifs is 1. The molecule has 1 aromatic heterocycles. The van der Waals surface area contributed by atoms with Crippen LogP contribution in [0.4, 0.5) is 8.78 Å². The molecule has 0 spiro atoms. The molecule has 3 heterocycles. The summed E-state index contributed by atoms with van der Waals surface area (Å²) in [6, 6.07) is 1.58. The number of rotatable bonds is 4. The molecular formula is C15H21F2N3OS. The lowest BCUT2D eigenvalue weighted by atomic mass is 10.1. The van der Waals surface area contributed by atoms with E-state index in [0.717, 1.165) is 19.5 Å². The second-order valence-electron chi connectivity index (χ2n) is 6.18. The zero-order valence-electron chi connectivity index (χ0n) is 12.6. The van der Waals surface area contributed by atoms with Crippen molar-refractivity contribution in [2.24, 2.45) is 0 Å². The first kappa shape index (κ1) is 15.8. The van der Waals surface area contributed by atoms with Gasteiger partial charge in [-0.05, 0) is 30.4 Å². The highest BCUT2D eigenvalue weighted by Gasteiger charge is 2.42. The van der Waals surface area contributed by atoms with E-state index in [1.54, 1.807) is 11.3 Å². The number of carbonyl (C=O) groups is 1. The van der Waals surface area contributed by atoms with E-state index in [0.29, 0.717) is 6.54 Å². The molecule has 1 saturated heterocycles. The maximum absolute atomic E-state index is 13.1. The maximum Gasteiger partial charge on any atom is 0.262 e. The van der Waals surface area contributed by atoms with E-state index >= 15 is 0 Å². The molecule has 0 saturated carbocycles. The SMILES string of the molecule is CC(CNC(=O)C1CC(F)(F)CN1)N1CCc2sccc2C1. The predicted octanol–water partition coefficient (Wildman–Crippen LogP) is 1.61. The molecule has 2 aliphatic rings. The zero-order chi connectivity index (χ0) is 15.7. The van der Waals surface area contributed by atoms with E-state index in [-0.39, 0.29) is 11.9 Å². The van der Waals surface area contributed by atoms with Crippen molar-refractivity contribution in [3.63, 3.8) is 0 Å². The van der Waals surface area contributed by atoms with Gasteiger partial charge < -0.3 is 5.32 Å². The van der Waals surface area contributed by atoms with E-state index < -0.39 is 24.9 Å². The molecule has 0 aromatic carbocycles. The Morgan fingerprint density at radius 3 is 3.18 bits per heavy atom. The molecule has 0 radical (unpaired) electrons. The summed E-state index contributed by atoms with van der Waals surface area (Å²) in [5.74, 6) is -3.09. The Balaban J connectivity index is 1.47. The Morgan fingerprint density at radius 1 is 1.64 bits per heavy atom. The van der Waals surface area contributed by atoms with E-state index in [4.69, 9.17) is 0 Å². The van der Waals surface area contributed by atoms with E-state index in [1.165, 1.54) is 10.4 Å². The molecule has 2 atom stereocenters. The predicted molar refractivity (Wildman–Crippen MR) is 82.3 cm³/mol. The van der Waals surface area contributed by atoms with Gasteiger partial charge >= 0.3 is 0 Å². The number of hydrogen-bond donors (Lipinski definition) is 2. The van der Waals surface area contributed by atoms with Crippen molar-refractivity contribution in [3.8, 4) is 0 Å². The molecule has 0 bridgehead atoms. The molecule has 2 N–H and O–H groups in total. The lowest BCUT2D eigenvalue weighted by Crippen LogP contribution is -2.47. The second-order valence-corrected chi connectivity index (χ2v) is 7.18. The largest absolute Gasteiger partial charge is 0.353 e. The van der Waals surface area contributed by atoms with Crippen LogP contribution in [0.3, 0.4) is 0 Å². The molecule has 4 nitrogen and oxygen atoms in total. The average Bonchev–Trinajstić information content (AvgIpc) is 3.09. The fourth-order valence-corrected chi connectivity index (χ4v) is 3.94. The lowest BCUT2D eigenvalue weighted by Gasteiger charge is -2.32. The third-order valence-corrected chi connectivity index (χ3v) is 5.48. The monoisotopic (exact) mass is 329 g/mol. The van der Waals surface area contributed by atoms with Crippen molar-refractivity contribution in [2.45, 2.75) is 44.3 Å². The van der Waals surface area contributed by atoms with E-state index in [9.17, 15) is 13.6 Å². The van der Waals surface area contributed by atoms with Gasteiger partial charge in [-0.25, -0.2) is 8.78 Å². The van der Waals surface area contributed by atoms with Gasteiger partial charge in [-0.15, -0.1) is 11.3 Å². The Hall–Kier alpha value is -1.05. The number of nitrogens with zero attached hydrogens (tertiary/aromatic N) is 1. The van der Waals surface area contributed by atoms with Gasteiger partial charge in [-0.3, -0.25) is 15.0 Å². The fraction of sp³-hybridized carbons (Fsp3) is 0.667. The Morgan fingerprint density at radius 2 is 2.45 bits per heavy atom. The summed E-state index contributed by atoms with van der Waals surface area (Å²) in [6.07, 6.45) is 0.636. The highest BCUT2D eigenvalue weighted by molar-refractivity contribution is 7.10. The van der Waals surface area contributed by atoms with Crippen LogP contribution < -0.4 is 10.6 Å². The number of carbonyl (C=O) groups excluding carboxylic acids is 1. The Kier molecular flexibility index (Phi) is 4.47. The van der Waals surface area contributed by atoms with Crippen LogP contribution in [0.5, 0.6) is 0 Å². The number of thiophene rings is 1. The molecule has 1 amide bonds. The standard InChI is InChI=1S/C15H21F2N3OS/c1-10(20-4-2-13-11(8-20)3-5-22-13)7-18-14(21)12-6-15(16,17)9-19-12/h3,5,10,12,19H,2,4,6-9H2,1H3,(H,18,21). The van der Waals surface area contributed by atoms with Gasteiger partial charge in [0, 0.05) is 37.0 Å². The van der Waals surface area contributed by atoms with Crippen LogP contribution in [0.1, 0.15) is 23.8 Å². The van der Waals surface area contributed by atoms with Crippen molar-refractivity contribution >= 4 is 17.2 Å². The summed E-state index contributed by atoms with van der Waals surface area (Å²) in [4.78, 5) is 15.7. The number of amides is 1. The minimum Gasteiger partial charge on any atom is -0.353 e. The van der Waals surface area contributed by atoms with E-state index in [1.807, 2.05) is 0 Å². The number of nitrogens with one attached hydrogen (secondary N) is 2. The van der Waals surface area contributed by atoms with Crippen LogP contribution in [0.15, 0.2) is 11.4 Å². The minimum absolute atomic E-state index is 0.193. The molecule has 3 rings (SSSR count). The first-order valence-corrected chi connectivity index (χ1v) is 8.51. The quantitative estimate of drug-likeness (QED) is 0.882. The van der Waals surface area contributed by atoms with Gasteiger partial charge in [-0.2, -0.15) is 0 Å². The van der Waals surface area contributed by atoms with Crippen LogP contribution in [0, 0.1) is 0 Å². The lowest BCUT2D eigenvalue weighted by molar-refractivity contribution is -0.123. The smallest absolute Gasteiger partial charge is 0.262 e. The average molecular weight is 329 g/mol. The summed E-state index contributed by atoms with van der Waals surface area (Å²) >= 11 is 1.80. The normalized spacial score (nSPS) is 25.7. The third-order valence-electron chi connectivity index (χ3n) is 4.46. The zero-order valence-corrected chi connectivity index (χ0v) is 13.4. The van der Waals surface area contributed by atoms with Crippen LogP contribution >= 0.6 is 11.3 Å². The first-order valence-electron chi connectivity index (χ1n) is 7.63. The molecule has 122 valence electrons. The Bertz CT molecular complexity index is 549. The van der Waals surface area contributed by atoms with Gasteiger partial charge in [0.1, 0.15) is 0 Å². The highest BCUT2D eigenvalue weighted by Crippen LogP contribution is 2.26. The molecular weight excluding hydrogens is 308 g/mol. The molecule has 2 aliphatic heterocycles. The number of alkyl halides is 2. The van der Waals surface area contributed by atoms with Gasteiger partial charge in [0.25, 0.3) is 5.92 Å². The van der Waals surface area contributed by atoms with Gasteiger partial charge in [-0.1, -0.05) is 0 Å². The summed E-state index contributed by atoms with van der Waals surface area (Å²) < 4.78 is 26.2. The van der Waals surface area contributed by atoms with Crippen LogP contribution in [0.25, 0.3) is 0 Å². The van der Waals surface area contributed by atoms with Crippen molar-refractivity contribution < 1.29 is 13.6 Å². The molecule has 1 fully saturated rings. The molecule has 1 aromatic rings. The first-order chi connectivity index (χ1) is 10.4. The summed E-state index contributed by atoms with van der Waals surface area (Å²) in [5.41, 5.74) is 1.37. The molecule has 7 heteroatoms. The second kappa shape index (κ2) is 6.22. The summed E-state index contributed by atoms with van der Waals surface area (Å²) in [5, 5.41) is 7.51. The fourth-order valence-electron chi connectivity index (χ4n) is 3.05. The highest BCUT2D eigenvalue weighted by atomic mass is 32.1. The van der Waals surface area contributed by atoms with Gasteiger partial charge in [0.2, 0.25) is 5.91 Å². The summed E-state index contributed by atoms with van der Waals surface area (Å²) in [7, 11) is 0. The maximum atomic E-state index is 13.1. The number of hydrogen-bond acceptors (Lipinski definition) is 4. The molecule has 0 aliphatic carbocycles. The van der Waals surface area contributed by atoms with Crippen LogP contribution in [-0.2, 0) is 17.8 Å². The van der Waals surface area contributed by atoms with Crippen molar-refractivity contribution in [3.05, 3.63) is 21.9 Å². The Labute approximate surface area is 132 Å². The molecule has 2 unspecified atom stereocenters. The van der Waals surface area contributed by atoms with Crippen LogP contribution in [-0.4, -0.2) is 48.4 Å². The van der Waals surface area contributed by atoms with Crippen molar-refractivity contribution in [1.29, 1.82) is 0 Å². The minimum atomic E-state index is -2.77. The molecule has 22 heavy (non-hydrogen) atoms. The third kappa shape index (κ3) is 3.47.